The minimum atomic E-state index is -0.293. The van der Waals surface area contributed by atoms with E-state index in [9.17, 15) is 9.18 Å². The third kappa shape index (κ3) is 4.70. The minimum Gasteiger partial charge on any atom is -0.378 e. The van der Waals surface area contributed by atoms with Gasteiger partial charge in [0.2, 0.25) is 0 Å². The first-order chi connectivity index (χ1) is 14.2. The number of halogens is 1. The summed E-state index contributed by atoms with van der Waals surface area (Å²) in [5, 5.41) is 6.07. The van der Waals surface area contributed by atoms with Crippen molar-refractivity contribution in [3.05, 3.63) is 78.4 Å². The average molecular weight is 392 g/mol. The standard InChI is InChI=1S/C22H21FN4O2/c23-16-5-7-17(8-6-16)25-18-9-10-20(24-15-18)22(28)26-19-3-1-2-4-21(19)27-11-13-29-14-12-27/h1-10,15,25H,11-14H2,(H,26,28). The fourth-order valence-electron chi connectivity index (χ4n) is 3.15. The Morgan fingerprint density at radius 1 is 0.966 bits per heavy atom. The predicted octanol–water partition coefficient (Wildman–Crippen LogP) is 4.05. The van der Waals surface area contributed by atoms with Crippen molar-refractivity contribution in [1.82, 2.24) is 4.98 Å². The SMILES string of the molecule is O=C(Nc1ccccc1N1CCOCC1)c1ccc(Nc2ccc(F)cc2)cn1. The van der Waals surface area contributed by atoms with E-state index in [1.165, 1.54) is 12.1 Å². The molecule has 1 aliphatic rings. The number of rotatable bonds is 5. The molecule has 3 aromatic rings. The van der Waals surface area contributed by atoms with E-state index in [1.54, 1.807) is 30.5 Å². The van der Waals surface area contributed by atoms with Crippen LogP contribution in [0.3, 0.4) is 0 Å². The molecule has 4 rings (SSSR count). The number of morpholine rings is 1. The molecule has 0 unspecified atom stereocenters. The molecule has 1 aromatic heterocycles. The van der Waals surface area contributed by atoms with Crippen molar-refractivity contribution in [3.8, 4) is 0 Å². The molecule has 29 heavy (non-hydrogen) atoms. The summed E-state index contributed by atoms with van der Waals surface area (Å²) in [6.07, 6.45) is 1.58. The van der Waals surface area contributed by atoms with E-state index in [1.807, 2.05) is 24.3 Å². The smallest absolute Gasteiger partial charge is 0.274 e. The van der Waals surface area contributed by atoms with Crippen molar-refractivity contribution >= 4 is 28.7 Å². The largest absolute Gasteiger partial charge is 0.378 e. The van der Waals surface area contributed by atoms with Crippen LogP contribution >= 0.6 is 0 Å². The minimum absolute atomic E-state index is 0.279. The fraction of sp³-hybridized carbons (Fsp3) is 0.182. The molecule has 0 spiro atoms. The number of nitrogens with one attached hydrogen (secondary N) is 2. The van der Waals surface area contributed by atoms with Gasteiger partial charge in [-0.2, -0.15) is 0 Å². The summed E-state index contributed by atoms with van der Waals surface area (Å²) in [6.45, 7) is 2.92. The summed E-state index contributed by atoms with van der Waals surface area (Å²) in [5.41, 5.74) is 3.48. The van der Waals surface area contributed by atoms with Crippen molar-refractivity contribution in [2.45, 2.75) is 0 Å². The van der Waals surface area contributed by atoms with Gasteiger partial charge >= 0.3 is 0 Å². The Bertz CT molecular complexity index is 971. The number of amides is 1. The van der Waals surface area contributed by atoms with Gasteiger partial charge in [0.1, 0.15) is 11.5 Å². The monoisotopic (exact) mass is 392 g/mol. The first kappa shape index (κ1) is 18.9. The highest BCUT2D eigenvalue weighted by Crippen LogP contribution is 2.27. The third-order valence-electron chi connectivity index (χ3n) is 4.63. The van der Waals surface area contributed by atoms with Crippen LogP contribution in [0.5, 0.6) is 0 Å². The summed E-state index contributed by atoms with van der Waals surface area (Å²) in [4.78, 5) is 19.1. The number of anilines is 4. The molecule has 0 bridgehead atoms. The van der Waals surface area contributed by atoms with Gasteiger partial charge in [-0.25, -0.2) is 9.37 Å². The van der Waals surface area contributed by atoms with Gasteiger partial charge in [-0.15, -0.1) is 0 Å². The van der Waals surface area contributed by atoms with Gasteiger partial charge in [-0.1, -0.05) is 12.1 Å². The van der Waals surface area contributed by atoms with Crippen LogP contribution in [-0.4, -0.2) is 37.2 Å². The second-order valence-electron chi connectivity index (χ2n) is 6.63. The molecule has 1 saturated heterocycles. The molecule has 6 nitrogen and oxygen atoms in total. The molecule has 0 aliphatic carbocycles. The first-order valence-corrected chi connectivity index (χ1v) is 9.41. The highest BCUT2D eigenvalue weighted by molar-refractivity contribution is 6.04. The Labute approximate surface area is 168 Å². The molecular weight excluding hydrogens is 371 g/mol. The second kappa shape index (κ2) is 8.70. The van der Waals surface area contributed by atoms with Crippen LogP contribution in [0.25, 0.3) is 0 Å². The van der Waals surface area contributed by atoms with Gasteiger partial charge in [0.25, 0.3) is 5.91 Å². The van der Waals surface area contributed by atoms with Gasteiger partial charge in [0, 0.05) is 18.8 Å². The second-order valence-corrected chi connectivity index (χ2v) is 6.63. The predicted molar refractivity (Wildman–Crippen MR) is 111 cm³/mol. The van der Waals surface area contributed by atoms with Crippen molar-refractivity contribution < 1.29 is 13.9 Å². The van der Waals surface area contributed by atoms with Crippen LogP contribution in [-0.2, 0) is 4.74 Å². The number of ether oxygens (including phenoxy) is 1. The number of carbonyl (C=O) groups is 1. The summed E-state index contributed by atoms with van der Waals surface area (Å²) < 4.78 is 18.4. The van der Waals surface area contributed by atoms with E-state index in [-0.39, 0.29) is 11.7 Å². The Balaban J connectivity index is 1.44. The first-order valence-electron chi connectivity index (χ1n) is 9.41. The maximum absolute atomic E-state index is 13.0. The molecule has 1 aliphatic heterocycles. The van der Waals surface area contributed by atoms with Crippen LogP contribution < -0.4 is 15.5 Å². The number of para-hydroxylation sites is 2. The number of hydrogen-bond acceptors (Lipinski definition) is 5. The Morgan fingerprint density at radius 3 is 2.41 bits per heavy atom. The average Bonchev–Trinajstić information content (AvgIpc) is 2.77. The maximum Gasteiger partial charge on any atom is 0.274 e. The van der Waals surface area contributed by atoms with Crippen LogP contribution in [0.15, 0.2) is 66.9 Å². The van der Waals surface area contributed by atoms with Gasteiger partial charge in [-0.05, 0) is 48.5 Å². The lowest BCUT2D eigenvalue weighted by molar-refractivity contribution is 0.102. The van der Waals surface area contributed by atoms with E-state index < -0.39 is 0 Å². The van der Waals surface area contributed by atoms with Crippen molar-refractivity contribution in [1.29, 1.82) is 0 Å². The van der Waals surface area contributed by atoms with Crippen molar-refractivity contribution in [2.24, 2.45) is 0 Å². The zero-order valence-corrected chi connectivity index (χ0v) is 15.8. The van der Waals surface area contributed by atoms with Gasteiger partial charge in [0.05, 0.1) is 36.5 Å². The van der Waals surface area contributed by atoms with E-state index in [4.69, 9.17) is 4.74 Å². The summed E-state index contributed by atoms with van der Waals surface area (Å²) in [5.74, 6) is -0.572. The number of carbonyl (C=O) groups excluding carboxylic acids is 1. The summed E-state index contributed by atoms with van der Waals surface area (Å²) in [6, 6.07) is 17.2. The lowest BCUT2D eigenvalue weighted by Crippen LogP contribution is -2.36. The van der Waals surface area contributed by atoms with Crippen LogP contribution in [0.4, 0.5) is 27.1 Å². The number of nitrogens with zero attached hydrogens (tertiary/aromatic N) is 2. The molecule has 1 fully saturated rings. The lowest BCUT2D eigenvalue weighted by Gasteiger charge is -2.30. The molecule has 0 saturated carbocycles. The highest BCUT2D eigenvalue weighted by Gasteiger charge is 2.16. The molecule has 0 atom stereocenters. The van der Waals surface area contributed by atoms with Gasteiger partial charge < -0.3 is 20.3 Å². The van der Waals surface area contributed by atoms with Crippen molar-refractivity contribution in [2.75, 3.05) is 41.8 Å². The number of benzene rings is 2. The van der Waals surface area contributed by atoms with Crippen LogP contribution in [0, 0.1) is 5.82 Å². The molecule has 148 valence electrons. The number of aromatic nitrogens is 1. The van der Waals surface area contributed by atoms with E-state index in [2.05, 4.69) is 20.5 Å². The van der Waals surface area contributed by atoms with E-state index in [0.29, 0.717) is 24.6 Å². The Morgan fingerprint density at radius 2 is 1.69 bits per heavy atom. The van der Waals surface area contributed by atoms with E-state index >= 15 is 0 Å². The molecule has 2 N–H and O–H groups in total. The Kier molecular flexibility index (Phi) is 5.67. The molecule has 0 radical (unpaired) electrons. The molecular formula is C22H21FN4O2. The lowest BCUT2D eigenvalue weighted by atomic mass is 10.2. The number of hydrogen-bond donors (Lipinski definition) is 2. The van der Waals surface area contributed by atoms with E-state index in [0.717, 1.165) is 30.2 Å². The van der Waals surface area contributed by atoms with Gasteiger partial charge in [0.15, 0.2) is 0 Å². The zero-order chi connectivity index (χ0) is 20.1. The normalized spacial score (nSPS) is 13.8. The van der Waals surface area contributed by atoms with Crippen LogP contribution in [0.1, 0.15) is 10.5 Å². The molecule has 2 aromatic carbocycles. The van der Waals surface area contributed by atoms with Crippen molar-refractivity contribution in [3.63, 3.8) is 0 Å². The topological polar surface area (TPSA) is 66.5 Å². The molecule has 2 heterocycles. The molecule has 7 heteroatoms. The third-order valence-corrected chi connectivity index (χ3v) is 4.63. The zero-order valence-electron chi connectivity index (χ0n) is 15.8. The molecule has 1 amide bonds. The van der Waals surface area contributed by atoms with Gasteiger partial charge in [-0.3, -0.25) is 4.79 Å². The maximum atomic E-state index is 13.0. The summed E-state index contributed by atoms with van der Waals surface area (Å²) in [7, 11) is 0. The quantitative estimate of drug-likeness (QED) is 0.686. The Hall–Kier alpha value is -3.45. The summed E-state index contributed by atoms with van der Waals surface area (Å²) >= 11 is 0. The highest BCUT2D eigenvalue weighted by atomic mass is 19.1. The van der Waals surface area contributed by atoms with Crippen LogP contribution in [0.2, 0.25) is 0 Å². The fourth-order valence-corrected chi connectivity index (χ4v) is 3.15. The number of pyridine rings is 1.